The van der Waals surface area contributed by atoms with Crippen LogP contribution in [-0.2, 0) is 0 Å². The molecule has 0 fully saturated rings. The van der Waals surface area contributed by atoms with Gasteiger partial charge >= 0.3 is 0 Å². The van der Waals surface area contributed by atoms with Crippen LogP contribution in [0.3, 0.4) is 0 Å². The lowest BCUT2D eigenvalue weighted by Crippen LogP contribution is -1.87. The van der Waals surface area contributed by atoms with E-state index in [1.54, 1.807) is 17.2 Å². The van der Waals surface area contributed by atoms with Crippen molar-refractivity contribution in [2.75, 3.05) is 0 Å². The fourth-order valence-corrected chi connectivity index (χ4v) is 2.43. The average molecular weight is 361 g/mol. The Kier molecular flexibility index (Phi) is 4.18. The van der Waals surface area contributed by atoms with Gasteiger partial charge in [0.15, 0.2) is 0 Å². The standard InChI is InChI=1S/C16H11BrClN3/c17-15-7-5-13(6-8-15)12-1-3-14(4-2-12)16(18)9-21-11-19-10-20-21/h1-11H/b16-9-. The number of aromatic nitrogens is 3. The normalized spacial score (nSPS) is 11.6. The first-order valence-electron chi connectivity index (χ1n) is 6.30. The van der Waals surface area contributed by atoms with Crippen LogP contribution in [0, 0.1) is 0 Å². The Labute approximate surface area is 136 Å². The fourth-order valence-electron chi connectivity index (χ4n) is 1.94. The lowest BCUT2D eigenvalue weighted by molar-refractivity contribution is 0.936. The molecule has 3 rings (SSSR count). The molecule has 2 aromatic carbocycles. The second-order valence-corrected chi connectivity index (χ2v) is 5.76. The van der Waals surface area contributed by atoms with E-state index in [4.69, 9.17) is 11.6 Å². The number of nitrogens with zero attached hydrogens (tertiary/aromatic N) is 3. The fraction of sp³-hybridized carbons (Fsp3) is 0. The van der Waals surface area contributed by atoms with Crippen LogP contribution in [-0.4, -0.2) is 14.8 Å². The van der Waals surface area contributed by atoms with E-state index >= 15 is 0 Å². The maximum Gasteiger partial charge on any atom is 0.138 e. The summed E-state index contributed by atoms with van der Waals surface area (Å²) in [5.74, 6) is 0. The molecule has 0 saturated carbocycles. The van der Waals surface area contributed by atoms with Crippen LogP contribution in [0.2, 0.25) is 0 Å². The molecule has 0 spiro atoms. The maximum absolute atomic E-state index is 6.28. The van der Waals surface area contributed by atoms with Gasteiger partial charge < -0.3 is 0 Å². The van der Waals surface area contributed by atoms with Gasteiger partial charge in [0.1, 0.15) is 12.7 Å². The molecule has 0 N–H and O–H groups in total. The minimum absolute atomic E-state index is 0.614. The average Bonchev–Trinajstić information content (AvgIpc) is 3.01. The number of rotatable bonds is 3. The number of hydrogen-bond acceptors (Lipinski definition) is 2. The van der Waals surface area contributed by atoms with Crippen molar-refractivity contribution in [3.63, 3.8) is 0 Å². The lowest BCUT2D eigenvalue weighted by atomic mass is 10.0. The lowest BCUT2D eigenvalue weighted by Gasteiger charge is -2.04. The smallest absolute Gasteiger partial charge is 0.138 e. The van der Waals surface area contributed by atoms with Crippen molar-refractivity contribution in [3.8, 4) is 11.1 Å². The first kappa shape index (κ1) is 14.0. The quantitative estimate of drug-likeness (QED) is 0.665. The third-order valence-corrected chi connectivity index (χ3v) is 3.86. The monoisotopic (exact) mass is 359 g/mol. The minimum Gasteiger partial charge on any atom is -0.227 e. The molecule has 5 heteroatoms. The third kappa shape index (κ3) is 3.40. The van der Waals surface area contributed by atoms with Gasteiger partial charge in [-0.25, -0.2) is 9.67 Å². The molecule has 0 unspecified atom stereocenters. The van der Waals surface area contributed by atoms with Gasteiger partial charge in [-0.2, -0.15) is 5.10 Å². The zero-order valence-corrected chi connectivity index (χ0v) is 13.3. The molecule has 0 aliphatic heterocycles. The molecule has 0 saturated heterocycles. The Hall–Kier alpha value is -1.91. The van der Waals surface area contributed by atoms with Crippen LogP contribution >= 0.6 is 27.5 Å². The van der Waals surface area contributed by atoms with E-state index in [-0.39, 0.29) is 0 Å². The summed E-state index contributed by atoms with van der Waals surface area (Å²) >= 11 is 9.72. The van der Waals surface area contributed by atoms with Crippen LogP contribution in [0.1, 0.15) is 5.56 Å². The summed E-state index contributed by atoms with van der Waals surface area (Å²) in [6.07, 6.45) is 4.79. The highest BCUT2D eigenvalue weighted by Crippen LogP contribution is 2.25. The summed E-state index contributed by atoms with van der Waals surface area (Å²) in [5, 5.41) is 4.61. The van der Waals surface area contributed by atoms with Crippen molar-refractivity contribution in [2.24, 2.45) is 0 Å². The van der Waals surface area contributed by atoms with E-state index in [0.29, 0.717) is 5.03 Å². The minimum atomic E-state index is 0.614. The van der Waals surface area contributed by atoms with Crippen molar-refractivity contribution in [3.05, 3.63) is 71.2 Å². The van der Waals surface area contributed by atoms with Gasteiger partial charge in [0.25, 0.3) is 0 Å². The van der Waals surface area contributed by atoms with Gasteiger partial charge in [-0.3, -0.25) is 0 Å². The van der Waals surface area contributed by atoms with Gasteiger partial charge in [-0.05, 0) is 28.8 Å². The molecule has 1 heterocycles. The van der Waals surface area contributed by atoms with E-state index in [2.05, 4.69) is 50.3 Å². The molecule has 1 aromatic heterocycles. The van der Waals surface area contributed by atoms with Crippen molar-refractivity contribution in [1.29, 1.82) is 0 Å². The Balaban J connectivity index is 1.85. The zero-order valence-electron chi connectivity index (χ0n) is 10.9. The Morgan fingerprint density at radius 2 is 1.62 bits per heavy atom. The second-order valence-electron chi connectivity index (χ2n) is 4.44. The molecule has 0 amide bonds. The summed E-state index contributed by atoms with van der Waals surface area (Å²) in [5.41, 5.74) is 3.26. The van der Waals surface area contributed by atoms with Crippen LogP contribution in [0.4, 0.5) is 0 Å². The molecule has 104 valence electrons. The topological polar surface area (TPSA) is 30.7 Å². The van der Waals surface area contributed by atoms with Gasteiger partial charge in [0, 0.05) is 10.7 Å². The summed E-state index contributed by atoms with van der Waals surface area (Å²) in [6.45, 7) is 0. The van der Waals surface area contributed by atoms with Crippen molar-refractivity contribution in [2.45, 2.75) is 0 Å². The van der Waals surface area contributed by atoms with Crippen molar-refractivity contribution < 1.29 is 0 Å². The Morgan fingerprint density at radius 3 is 2.19 bits per heavy atom. The molecular formula is C16H11BrClN3. The van der Waals surface area contributed by atoms with E-state index in [1.807, 2.05) is 24.3 Å². The zero-order chi connectivity index (χ0) is 14.7. The Morgan fingerprint density at radius 1 is 1.00 bits per heavy atom. The molecule has 0 bridgehead atoms. The largest absolute Gasteiger partial charge is 0.227 e. The highest BCUT2D eigenvalue weighted by atomic mass is 79.9. The summed E-state index contributed by atoms with van der Waals surface area (Å²) in [6, 6.07) is 16.3. The van der Waals surface area contributed by atoms with Crippen LogP contribution < -0.4 is 0 Å². The molecule has 0 atom stereocenters. The molecule has 0 radical (unpaired) electrons. The first-order valence-corrected chi connectivity index (χ1v) is 7.47. The maximum atomic E-state index is 6.28. The van der Waals surface area contributed by atoms with Crippen LogP contribution in [0.15, 0.2) is 65.7 Å². The molecule has 0 aliphatic carbocycles. The predicted octanol–water partition coefficient (Wildman–Crippen LogP) is 4.90. The molecule has 0 aliphatic rings. The van der Waals surface area contributed by atoms with Gasteiger partial charge in [0.2, 0.25) is 0 Å². The van der Waals surface area contributed by atoms with Crippen molar-refractivity contribution in [1.82, 2.24) is 14.8 Å². The summed E-state index contributed by atoms with van der Waals surface area (Å²) in [7, 11) is 0. The molecule has 3 nitrogen and oxygen atoms in total. The van der Waals surface area contributed by atoms with Crippen LogP contribution in [0.5, 0.6) is 0 Å². The third-order valence-electron chi connectivity index (χ3n) is 3.02. The highest BCUT2D eigenvalue weighted by molar-refractivity contribution is 9.10. The van der Waals surface area contributed by atoms with Gasteiger partial charge in [-0.15, -0.1) is 0 Å². The number of halogens is 2. The summed E-state index contributed by atoms with van der Waals surface area (Å²) < 4.78 is 2.65. The highest BCUT2D eigenvalue weighted by Gasteiger charge is 2.01. The Bertz CT molecular complexity index is 747. The van der Waals surface area contributed by atoms with E-state index in [0.717, 1.165) is 15.6 Å². The van der Waals surface area contributed by atoms with E-state index in [1.165, 1.54) is 11.9 Å². The van der Waals surface area contributed by atoms with Gasteiger partial charge in [0.05, 0.1) is 5.03 Å². The molecular weight excluding hydrogens is 350 g/mol. The second kappa shape index (κ2) is 6.24. The van der Waals surface area contributed by atoms with Crippen molar-refractivity contribution >= 4 is 38.8 Å². The first-order chi connectivity index (χ1) is 10.2. The van der Waals surface area contributed by atoms with E-state index in [9.17, 15) is 0 Å². The summed E-state index contributed by atoms with van der Waals surface area (Å²) in [4.78, 5) is 3.87. The van der Waals surface area contributed by atoms with Crippen LogP contribution in [0.25, 0.3) is 22.4 Å². The number of hydrogen-bond donors (Lipinski definition) is 0. The van der Waals surface area contributed by atoms with Gasteiger partial charge in [-0.1, -0.05) is 63.9 Å². The molecule has 3 aromatic rings. The SMILES string of the molecule is Cl/C(=C\n1cncn1)c1ccc(-c2ccc(Br)cc2)cc1. The molecule has 21 heavy (non-hydrogen) atoms. The predicted molar refractivity (Wildman–Crippen MR) is 89.6 cm³/mol. The number of benzene rings is 2. The van der Waals surface area contributed by atoms with E-state index < -0.39 is 0 Å².